The number of allylic oxidation sites excluding steroid dienone is 1. The molecule has 1 aromatic heterocycles. The van der Waals surface area contributed by atoms with Crippen LogP contribution in [0.3, 0.4) is 0 Å². The van der Waals surface area contributed by atoms with Crippen molar-refractivity contribution >= 4 is 54.0 Å². The number of hydrogen-bond donors (Lipinski definition) is 1. The van der Waals surface area contributed by atoms with Gasteiger partial charge in [0, 0.05) is 19.4 Å². The number of esters is 2. The zero-order chi connectivity index (χ0) is 63.3. The van der Waals surface area contributed by atoms with Gasteiger partial charge < -0.3 is 61.0 Å². The number of rotatable bonds is 29. The van der Waals surface area contributed by atoms with E-state index in [9.17, 15) is 14.7 Å². The zero-order valence-electron chi connectivity index (χ0n) is 55.5. The Morgan fingerprint density at radius 2 is 1.29 bits per heavy atom. The SMILES string of the molecule is CC[Si](CC)(CC)O[C@@H]1[C@@H](OC(=O)c2ccc(OC)cc2)[C@H](O[C@@H]2[C@@H](OC(C)=O)[C@H](O[C@H]3C[C@H]4[C@@H]5CC=C6C[C@@H](OCOC)CC[C@]6(C)[C@H]5CC[C@]4(C)[C@@]3(O)[C@H](C)C(=O)c3cc(C)cs3)OC[C@@H]2O[Si](CC)(CC)CC)OC[C@H]1O[Si](CC)(CC)CC. The fourth-order valence-electron chi connectivity index (χ4n) is 16.7. The fourth-order valence-corrected chi connectivity index (χ4v) is 26.2. The van der Waals surface area contributed by atoms with Gasteiger partial charge in [-0.3, -0.25) is 9.59 Å². The van der Waals surface area contributed by atoms with Gasteiger partial charge in [0.05, 0.1) is 61.1 Å². The maximum absolute atomic E-state index is 15.1. The molecule has 0 bridgehead atoms. The number of methoxy groups -OCH3 is 2. The van der Waals surface area contributed by atoms with Crippen molar-refractivity contribution in [2.24, 2.45) is 34.5 Å². The highest BCUT2D eigenvalue weighted by atomic mass is 32.1. The second-order valence-electron chi connectivity index (χ2n) is 26.7. The molecule has 5 fully saturated rings. The van der Waals surface area contributed by atoms with Gasteiger partial charge in [-0.05, 0) is 171 Å². The molecule has 2 saturated heterocycles. The lowest BCUT2D eigenvalue weighted by molar-refractivity contribution is -0.342. The van der Waals surface area contributed by atoms with Crippen LogP contribution < -0.4 is 4.74 Å². The van der Waals surface area contributed by atoms with Crippen molar-refractivity contribution in [2.75, 3.05) is 34.2 Å². The standard InChI is InChI=1S/C67H108O16SSi3/c1-17-85(18-2,19-3)81-53-39-74-63(78-56-38-52-50-31-28-47-37-49(76-42-72-15)32-34-65(47,13)51(50)33-35-66(52,14)67(56,71)44(11)57(69)55-36-43(10)41-84-55)60(77-45(12)68)58(53)80-64-61(79-62(70)46-26-29-48(73-16)30-27-46)59(83-87(23-7,24-8)25-9)54(40-75-64)82-86(20-4,21-5)22-6/h26-30,36,41,44,49-54,56,58-61,63-64,71H,17-25,31-35,37-40,42H2,1-16H3/t44-,49+,50-,51+,52+,53+,54-,56+,58+,59+,60-,61-,63+,64+,65+,66+,67-/m1/s1. The van der Waals surface area contributed by atoms with Crippen molar-refractivity contribution in [3.8, 4) is 5.75 Å². The fraction of sp³-hybridized carbons (Fsp3) is 0.776. The minimum atomic E-state index is -2.52. The number of ether oxygens (including phenoxy) is 9. The Morgan fingerprint density at radius 1 is 0.724 bits per heavy atom. The summed E-state index contributed by atoms with van der Waals surface area (Å²) in [5, 5.41) is 16.2. The average molecular weight is 1290 g/mol. The van der Waals surface area contributed by atoms with Crippen LogP contribution in [-0.2, 0) is 56.0 Å². The van der Waals surface area contributed by atoms with Crippen LogP contribution in [0.15, 0.2) is 47.4 Å². The van der Waals surface area contributed by atoms with Gasteiger partial charge in [0.15, 0.2) is 55.5 Å². The number of hydrogen-bond acceptors (Lipinski definition) is 17. The van der Waals surface area contributed by atoms with Gasteiger partial charge in [0.2, 0.25) is 0 Å². The lowest BCUT2D eigenvalue weighted by atomic mass is 9.46. The average Bonchev–Trinajstić information content (AvgIpc) is 1.59. The topological polar surface area (TPSA) is 182 Å². The molecular weight excluding hydrogens is 1180 g/mol. The van der Waals surface area contributed by atoms with E-state index >= 15 is 4.79 Å². The van der Waals surface area contributed by atoms with E-state index in [1.807, 2.05) is 25.3 Å². The highest BCUT2D eigenvalue weighted by Gasteiger charge is 2.71. The lowest BCUT2D eigenvalue weighted by Gasteiger charge is -2.59. The van der Waals surface area contributed by atoms with Crippen LogP contribution in [-0.4, -0.2) is 149 Å². The number of carbonyl (C=O) groups excluding carboxylic acids is 3. The third-order valence-corrected chi connectivity index (χ3v) is 38.0. The molecule has 1 N–H and O–H groups in total. The maximum atomic E-state index is 15.1. The molecule has 0 amide bonds. The summed E-state index contributed by atoms with van der Waals surface area (Å²) in [5.41, 5.74) is 0.206. The summed E-state index contributed by atoms with van der Waals surface area (Å²) in [6.07, 6.45) is -1.17. The van der Waals surface area contributed by atoms with Gasteiger partial charge in [0.25, 0.3) is 0 Å². The second kappa shape index (κ2) is 29.5. The van der Waals surface area contributed by atoms with Gasteiger partial charge in [-0.2, -0.15) is 0 Å². The Balaban J connectivity index is 1.23. The zero-order valence-corrected chi connectivity index (χ0v) is 59.4. The predicted octanol–water partition coefficient (Wildman–Crippen LogP) is 14.0. The quantitative estimate of drug-likeness (QED) is 0.0267. The monoisotopic (exact) mass is 1280 g/mol. The van der Waals surface area contributed by atoms with Crippen LogP contribution in [0.1, 0.15) is 161 Å². The summed E-state index contributed by atoms with van der Waals surface area (Å²) in [6.45, 7) is 29.7. The van der Waals surface area contributed by atoms with E-state index in [0.717, 1.165) is 92.1 Å². The van der Waals surface area contributed by atoms with Crippen molar-refractivity contribution < 1.29 is 75.4 Å². The Morgan fingerprint density at radius 3 is 1.83 bits per heavy atom. The first-order valence-electron chi connectivity index (χ1n) is 33.2. The third kappa shape index (κ3) is 14.0. The van der Waals surface area contributed by atoms with Gasteiger partial charge >= 0.3 is 11.9 Å². The Hall–Kier alpha value is -2.68. The van der Waals surface area contributed by atoms with Gasteiger partial charge in [0.1, 0.15) is 30.4 Å². The molecule has 0 radical (unpaired) electrons. The van der Waals surface area contributed by atoms with Gasteiger partial charge in [-0.25, -0.2) is 4.79 Å². The number of ketones is 1. The first-order chi connectivity index (χ1) is 41.5. The second-order valence-corrected chi connectivity index (χ2v) is 41.8. The molecule has 1 aromatic carbocycles. The number of fused-ring (bicyclic) bond motifs is 5. The summed E-state index contributed by atoms with van der Waals surface area (Å²) >= 11 is 1.40. The molecule has 4 aliphatic carbocycles. The molecule has 3 heterocycles. The number of Topliss-reactive ketones (excluding diaryl/α,β-unsaturated/α-hetero) is 1. The predicted molar refractivity (Wildman–Crippen MR) is 345 cm³/mol. The van der Waals surface area contributed by atoms with Crippen LogP contribution in [0, 0.1) is 41.4 Å². The highest BCUT2D eigenvalue weighted by Crippen LogP contribution is 2.69. The van der Waals surface area contributed by atoms with Crippen molar-refractivity contribution in [3.05, 3.63) is 63.4 Å². The summed E-state index contributed by atoms with van der Waals surface area (Å²) in [4.78, 5) is 44.4. The minimum absolute atomic E-state index is 0.0216. The van der Waals surface area contributed by atoms with Crippen LogP contribution in [0.4, 0.5) is 0 Å². The van der Waals surface area contributed by atoms with Gasteiger partial charge in [-0.15, -0.1) is 11.3 Å². The number of thiophene rings is 1. The van der Waals surface area contributed by atoms with Crippen molar-refractivity contribution in [3.63, 3.8) is 0 Å². The van der Waals surface area contributed by atoms with E-state index in [1.54, 1.807) is 38.5 Å². The van der Waals surface area contributed by atoms with E-state index in [0.29, 0.717) is 34.9 Å². The summed E-state index contributed by atoms with van der Waals surface area (Å²) in [6, 6.07) is 16.2. The third-order valence-electron chi connectivity index (χ3n) is 23.0. The molecule has 6 aliphatic rings. The number of benzene rings is 1. The van der Waals surface area contributed by atoms with Crippen molar-refractivity contribution in [1.82, 2.24) is 0 Å². The van der Waals surface area contributed by atoms with E-state index < -0.39 is 109 Å². The summed E-state index contributed by atoms with van der Waals surface area (Å²) < 4.78 is 81.5. The molecule has 0 unspecified atom stereocenters. The van der Waals surface area contributed by atoms with E-state index in [2.05, 4.69) is 82.2 Å². The molecule has 3 saturated carbocycles. The molecule has 20 heteroatoms. The van der Waals surface area contributed by atoms with Crippen LogP contribution in [0.5, 0.6) is 5.75 Å². The summed E-state index contributed by atoms with van der Waals surface area (Å²) in [5.74, 6) is -1.17. The molecular formula is C67H108O16SSi3. The van der Waals surface area contributed by atoms with E-state index in [-0.39, 0.29) is 49.1 Å². The smallest absolute Gasteiger partial charge is 0.338 e. The van der Waals surface area contributed by atoms with Crippen molar-refractivity contribution in [1.29, 1.82) is 0 Å². The molecule has 87 heavy (non-hydrogen) atoms. The van der Waals surface area contributed by atoms with Crippen LogP contribution in [0.25, 0.3) is 0 Å². The number of carbonyl (C=O) groups is 3. The van der Waals surface area contributed by atoms with Crippen LogP contribution in [0.2, 0.25) is 54.4 Å². The van der Waals surface area contributed by atoms with Crippen LogP contribution >= 0.6 is 11.3 Å². The molecule has 8 rings (SSSR count). The van der Waals surface area contributed by atoms with E-state index in [1.165, 1.54) is 23.8 Å². The maximum Gasteiger partial charge on any atom is 0.338 e. The normalized spacial score (nSPS) is 34.0. The first kappa shape index (κ1) is 70.2. The molecule has 16 nitrogen and oxygen atoms in total. The Labute approximate surface area is 527 Å². The lowest BCUT2D eigenvalue weighted by Crippen LogP contribution is -2.66. The minimum Gasteiger partial charge on any atom is -0.497 e. The molecule has 490 valence electrons. The van der Waals surface area contributed by atoms with E-state index in [4.69, 9.17) is 55.9 Å². The Kier molecular flexibility index (Phi) is 23.8. The number of aliphatic hydroxyl groups is 1. The first-order valence-corrected chi connectivity index (χ1v) is 41.7. The van der Waals surface area contributed by atoms with Crippen molar-refractivity contribution in [2.45, 2.75) is 263 Å². The molecule has 2 aliphatic heterocycles. The number of aryl methyl sites for hydroxylation is 1. The molecule has 0 spiro atoms. The Bertz CT molecular complexity index is 2600. The highest BCUT2D eigenvalue weighted by molar-refractivity contribution is 7.12. The molecule has 2 aromatic rings. The summed E-state index contributed by atoms with van der Waals surface area (Å²) in [7, 11) is -4.15. The molecule has 17 atom stereocenters. The van der Waals surface area contributed by atoms with Gasteiger partial charge in [-0.1, -0.05) is 94.7 Å². The largest absolute Gasteiger partial charge is 0.497 e.